The number of carbonyl (C=O) groups is 2. The molecule has 1 saturated carbocycles. The van der Waals surface area contributed by atoms with E-state index in [1.54, 1.807) is 31.2 Å². The van der Waals surface area contributed by atoms with E-state index in [0.29, 0.717) is 11.1 Å². The number of rotatable bonds is 2. The van der Waals surface area contributed by atoms with Crippen LogP contribution in [-0.4, -0.2) is 30.9 Å². The van der Waals surface area contributed by atoms with Gasteiger partial charge in [-0.05, 0) is 43.2 Å². The molecule has 3 aliphatic rings. The van der Waals surface area contributed by atoms with Crippen LogP contribution in [0.4, 0.5) is 10.1 Å². The number of hydrogen-bond donors (Lipinski definition) is 1. The van der Waals surface area contributed by atoms with E-state index < -0.39 is 52.3 Å². The van der Waals surface area contributed by atoms with Crippen molar-refractivity contribution in [1.82, 2.24) is 13.9 Å². The number of phenolic OH excluding ortho intramolecular Hbond substituents is 1. The van der Waals surface area contributed by atoms with Gasteiger partial charge in [-0.25, -0.2) is 32.8 Å². The number of benzene rings is 2. The van der Waals surface area contributed by atoms with Crippen molar-refractivity contribution in [3.8, 4) is 5.75 Å². The molecule has 9 nitrogen and oxygen atoms in total. The standard InChI is InChI=1S/C26H22ClFN4O5/c1-26-16(22(34)31(23(26)35)13-7-8-18(28)17(27)11-13)12-19-14(21(26)15-5-3-4-6-20(15)33)9-10-30-24(36)29(2)25(37)32(19)30/h3-9,11,16,19,21,33H,10,12H2,1-2H3/t16-,19+,21+,26+/m0/s1. The maximum absolute atomic E-state index is 14.1. The molecule has 6 rings (SSSR count). The summed E-state index contributed by atoms with van der Waals surface area (Å²) in [6.45, 7) is 1.79. The summed E-state index contributed by atoms with van der Waals surface area (Å²) in [5.41, 5.74) is -1.10. The van der Waals surface area contributed by atoms with Crippen LogP contribution in [0.5, 0.6) is 5.75 Å². The summed E-state index contributed by atoms with van der Waals surface area (Å²) in [4.78, 5) is 54.8. The third-order valence-electron chi connectivity index (χ3n) is 8.14. The summed E-state index contributed by atoms with van der Waals surface area (Å²) >= 11 is 5.97. The van der Waals surface area contributed by atoms with E-state index >= 15 is 0 Å². The minimum absolute atomic E-state index is 0.0547. The van der Waals surface area contributed by atoms with E-state index in [1.807, 2.05) is 0 Å². The Balaban J connectivity index is 1.59. The Morgan fingerprint density at radius 2 is 1.81 bits per heavy atom. The first-order chi connectivity index (χ1) is 17.6. The number of anilines is 1. The Bertz CT molecular complexity index is 1670. The van der Waals surface area contributed by atoms with E-state index in [2.05, 4.69) is 0 Å². The lowest BCUT2D eigenvalue weighted by molar-refractivity contribution is -0.129. The molecule has 4 atom stereocenters. The lowest BCUT2D eigenvalue weighted by Gasteiger charge is -2.47. The third kappa shape index (κ3) is 2.96. The second kappa shape index (κ2) is 7.79. The fourth-order valence-corrected chi connectivity index (χ4v) is 6.51. The van der Waals surface area contributed by atoms with E-state index in [4.69, 9.17) is 11.6 Å². The molecule has 0 radical (unpaired) electrons. The van der Waals surface area contributed by atoms with Crippen molar-refractivity contribution in [2.45, 2.75) is 31.8 Å². The van der Waals surface area contributed by atoms with Crippen molar-refractivity contribution < 1.29 is 19.1 Å². The summed E-state index contributed by atoms with van der Waals surface area (Å²) in [7, 11) is 1.39. The third-order valence-corrected chi connectivity index (χ3v) is 8.43. The van der Waals surface area contributed by atoms with Crippen molar-refractivity contribution >= 4 is 29.1 Å². The average Bonchev–Trinajstić information content (AvgIpc) is 3.21. The number of para-hydroxylation sites is 1. The van der Waals surface area contributed by atoms with Crippen LogP contribution in [-0.2, 0) is 23.2 Å². The fraction of sp³-hybridized carbons (Fsp3) is 0.308. The normalized spacial score (nSPS) is 26.5. The van der Waals surface area contributed by atoms with Gasteiger partial charge in [0.25, 0.3) is 0 Å². The number of phenols is 1. The Labute approximate surface area is 214 Å². The molecular formula is C26H22ClFN4O5. The van der Waals surface area contributed by atoms with Crippen LogP contribution >= 0.6 is 11.6 Å². The molecule has 1 N–H and O–H groups in total. The van der Waals surface area contributed by atoms with Crippen LogP contribution in [0.2, 0.25) is 5.02 Å². The molecule has 2 amide bonds. The number of nitrogens with zero attached hydrogens (tertiary/aromatic N) is 4. The van der Waals surface area contributed by atoms with E-state index in [0.717, 1.165) is 15.5 Å². The molecule has 190 valence electrons. The van der Waals surface area contributed by atoms with Crippen LogP contribution in [0.25, 0.3) is 0 Å². The van der Waals surface area contributed by atoms with Gasteiger partial charge in [0.15, 0.2) is 0 Å². The minimum atomic E-state index is -1.33. The van der Waals surface area contributed by atoms with Gasteiger partial charge in [-0.15, -0.1) is 0 Å². The van der Waals surface area contributed by atoms with Gasteiger partial charge in [-0.2, -0.15) is 0 Å². The maximum Gasteiger partial charge on any atom is 0.347 e. The number of imide groups is 1. The molecule has 3 aromatic rings. The first-order valence-electron chi connectivity index (χ1n) is 11.8. The molecule has 0 unspecified atom stereocenters. The van der Waals surface area contributed by atoms with Crippen LogP contribution in [0, 0.1) is 17.2 Å². The second-order valence-electron chi connectivity index (χ2n) is 9.91. The van der Waals surface area contributed by atoms with Gasteiger partial charge in [0, 0.05) is 18.5 Å². The monoisotopic (exact) mass is 524 g/mol. The predicted octanol–water partition coefficient (Wildman–Crippen LogP) is 2.71. The smallest absolute Gasteiger partial charge is 0.347 e. The number of halogens is 2. The van der Waals surface area contributed by atoms with Gasteiger partial charge in [0.2, 0.25) is 11.8 Å². The fourth-order valence-electron chi connectivity index (χ4n) is 6.33. The molecule has 2 aromatic carbocycles. The molecular weight excluding hydrogens is 503 g/mol. The molecule has 0 bridgehead atoms. The van der Waals surface area contributed by atoms with Gasteiger partial charge in [0.1, 0.15) is 11.6 Å². The highest BCUT2D eigenvalue weighted by Gasteiger charge is 2.65. The van der Waals surface area contributed by atoms with Crippen molar-refractivity contribution in [1.29, 1.82) is 0 Å². The van der Waals surface area contributed by atoms with Gasteiger partial charge < -0.3 is 5.11 Å². The molecule has 11 heteroatoms. The highest BCUT2D eigenvalue weighted by Crippen LogP contribution is 2.62. The molecule has 1 aliphatic carbocycles. The zero-order chi connectivity index (χ0) is 26.4. The number of amides is 2. The number of carbonyl (C=O) groups excluding carboxylic acids is 2. The molecule has 1 aromatic heterocycles. The predicted molar refractivity (Wildman–Crippen MR) is 132 cm³/mol. The summed E-state index contributed by atoms with van der Waals surface area (Å²) in [5.74, 6) is -3.44. The number of fused-ring (bicyclic) bond motifs is 4. The summed E-state index contributed by atoms with van der Waals surface area (Å²) in [5, 5.41) is 10.6. The van der Waals surface area contributed by atoms with E-state index in [1.165, 1.54) is 34.6 Å². The highest BCUT2D eigenvalue weighted by molar-refractivity contribution is 6.31. The Kier molecular flexibility index (Phi) is 4.94. The molecule has 37 heavy (non-hydrogen) atoms. The van der Waals surface area contributed by atoms with Crippen LogP contribution in [0.3, 0.4) is 0 Å². The largest absolute Gasteiger partial charge is 0.508 e. The van der Waals surface area contributed by atoms with Gasteiger partial charge in [-0.1, -0.05) is 35.9 Å². The minimum Gasteiger partial charge on any atom is -0.508 e. The van der Waals surface area contributed by atoms with E-state index in [-0.39, 0.29) is 29.4 Å². The zero-order valence-electron chi connectivity index (χ0n) is 19.9. The van der Waals surface area contributed by atoms with Crippen LogP contribution in [0.15, 0.2) is 63.7 Å². The number of hydrogen-bond acceptors (Lipinski definition) is 5. The first kappa shape index (κ1) is 23.5. The quantitative estimate of drug-likeness (QED) is 0.410. The SMILES string of the molecule is Cn1c(=O)n2n(c1=O)[C@@H]1C[C@H]3C(=O)N(c4ccc(F)c(Cl)c4)C(=O)[C@@]3(C)[C@@H](c3ccccc3O)C1=CC2. The van der Waals surface area contributed by atoms with Crippen LogP contribution in [0.1, 0.15) is 30.9 Å². The Morgan fingerprint density at radius 3 is 2.51 bits per heavy atom. The zero-order valence-corrected chi connectivity index (χ0v) is 20.6. The van der Waals surface area contributed by atoms with Gasteiger partial charge in [0.05, 0.1) is 34.6 Å². The van der Waals surface area contributed by atoms with Crippen LogP contribution < -0.4 is 16.3 Å². The number of aromatic nitrogens is 3. The molecule has 3 heterocycles. The van der Waals surface area contributed by atoms with Crippen molar-refractivity contribution in [3.05, 3.63) is 91.5 Å². The van der Waals surface area contributed by atoms with Gasteiger partial charge >= 0.3 is 11.4 Å². The van der Waals surface area contributed by atoms with Crippen molar-refractivity contribution in [2.75, 3.05) is 4.90 Å². The topological polar surface area (TPSA) is 107 Å². The highest BCUT2D eigenvalue weighted by atomic mass is 35.5. The van der Waals surface area contributed by atoms with Gasteiger partial charge in [-0.3, -0.25) is 9.59 Å². The Hall–Kier alpha value is -3.92. The average molecular weight is 525 g/mol. The van der Waals surface area contributed by atoms with E-state index in [9.17, 15) is 28.7 Å². The summed E-state index contributed by atoms with van der Waals surface area (Å²) in [6.07, 6.45) is 1.89. The second-order valence-corrected chi connectivity index (χ2v) is 10.3. The van der Waals surface area contributed by atoms with Crippen molar-refractivity contribution in [2.24, 2.45) is 18.4 Å². The molecule has 0 spiro atoms. The lowest BCUT2D eigenvalue weighted by Crippen LogP contribution is -2.49. The molecule has 1 saturated heterocycles. The molecule has 2 fully saturated rings. The lowest BCUT2D eigenvalue weighted by atomic mass is 9.56. The Morgan fingerprint density at radius 1 is 1.08 bits per heavy atom. The molecule has 2 aliphatic heterocycles. The van der Waals surface area contributed by atoms with Crippen molar-refractivity contribution in [3.63, 3.8) is 0 Å². The summed E-state index contributed by atoms with van der Waals surface area (Å²) in [6, 6.07) is 9.53. The maximum atomic E-state index is 14.1. The number of aromatic hydroxyl groups is 1. The number of allylic oxidation sites excluding steroid dienone is 2. The first-order valence-corrected chi connectivity index (χ1v) is 12.1. The summed E-state index contributed by atoms with van der Waals surface area (Å²) < 4.78 is 17.5.